The fourth-order valence-electron chi connectivity index (χ4n) is 1.25. The van der Waals surface area contributed by atoms with Crippen LogP contribution in [0.5, 0.6) is 5.75 Å². The Balaban J connectivity index is 2.58. The molecule has 2 rings (SSSR count). The van der Waals surface area contributed by atoms with Gasteiger partial charge in [-0.05, 0) is 30.7 Å². The molecular formula is C10H9ClO. The van der Waals surface area contributed by atoms with Gasteiger partial charge >= 0.3 is 0 Å². The van der Waals surface area contributed by atoms with Crippen LogP contribution in [0.3, 0.4) is 0 Å². The summed E-state index contributed by atoms with van der Waals surface area (Å²) < 4.78 is 5.39. The van der Waals surface area contributed by atoms with Crippen LogP contribution in [0.4, 0.5) is 0 Å². The van der Waals surface area contributed by atoms with E-state index < -0.39 is 0 Å². The van der Waals surface area contributed by atoms with Gasteiger partial charge in [-0.25, -0.2) is 0 Å². The Bertz CT molecular complexity index is 342. The van der Waals surface area contributed by atoms with Crippen LogP contribution in [0.25, 0.3) is 6.08 Å². The van der Waals surface area contributed by atoms with Crippen LogP contribution in [0.2, 0.25) is 5.02 Å². The molecule has 0 spiro atoms. The first-order valence-electron chi connectivity index (χ1n) is 3.87. The van der Waals surface area contributed by atoms with Crippen molar-refractivity contribution in [3.8, 4) is 5.75 Å². The van der Waals surface area contributed by atoms with E-state index in [-0.39, 0.29) is 0 Å². The summed E-state index contributed by atoms with van der Waals surface area (Å²) in [6, 6.07) is 3.91. The first-order chi connectivity index (χ1) is 5.77. The topological polar surface area (TPSA) is 9.23 Å². The van der Waals surface area contributed by atoms with Crippen molar-refractivity contribution >= 4 is 17.7 Å². The number of hydrogen-bond acceptors (Lipinski definition) is 1. The molecule has 1 heterocycles. The van der Waals surface area contributed by atoms with E-state index in [1.807, 2.05) is 25.1 Å². The van der Waals surface area contributed by atoms with Gasteiger partial charge in [0, 0.05) is 10.6 Å². The number of hydrogen-bond donors (Lipinski definition) is 0. The second-order valence-electron chi connectivity index (χ2n) is 2.85. The second kappa shape index (κ2) is 2.83. The molecule has 12 heavy (non-hydrogen) atoms. The molecule has 1 aliphatic heterocycles. The molecule has 1 aromatic rings. The van der Waals surface area contributed by atoms with Crippen molar-refractivity contribution in [2.75, 3.05) is 6.61 Å². The van der Waals surface area contributed by atoms with Gasteiger partial charge in [-0.1, -0.05) is 17.7 Å². The van der Waals surface area contributed by atoms with E-state index >= 15 is 0 Å². The third-order valence-electron chi connectivity index (χ3n) is 1.92. The predicted molar refractivity (Wildman–Crippen MR) is 50.7 cm³/mol. The SMILES string of the molecule is Cc1cc2c(cc1Cl)OCC=C2. The zero-order valence-electron chi connectivity index (χ0n) is 6.80. The average Bonchev–Trinajstić information content (AvgIpc) is 2.07. The highest BCUT2D eigenvalue weighted by molar-refractivity contribution is 6.31. The van der Waals surface area contributed by atoms with Gasteiger partial charge in [0.2, 0.25) is 0 Å². The normalized spacial score (nSPS) is 13.8. The number of benzene rings is 1. The highest BCUT2D eigenvalue weighted by Crippen LogP contribution is 2.29. The van der Waals surface area contributed by atoms with Gasteiger partial charge in [0.05, 0.1) is 0 Å². The molecule has 0 N–H and O–H groups in total. The summed E-state index contributed by atoms with van der Waals surface area (Å²) in [5, 5.41) is 0.768. The summed E-state index contributed by atoms with van der Waals surface area (Å²) in [7, 11) is 0. The lowest BCUT2D eigenvalue weighted by atomic mass is 10.1. The Morgan fingerprint density at radius 3 is 3.08 bits per heavy atom. The maximum atomic E-state index is 5.94. The van der Waals surface area contributed by atoms with Crippen molar-refractivity contribution in [1.82, 2.24) is 0 Å². The van der Waals surface area contributed by atoms with Crippen LogP contribution in [-0.4, -0.2) is 6.61 Å². The van der Waals surface area contributed by atoms with Crippen LogP contribution < -0.4 is 4.74 Å². The lowest BCUT2D eigenvalue weighted by Gasteiger charge is -2.13. The lowest BCUT2D eigenvalue weighted by molar-refractivity contribution is 0.358. The van der Waals surface area contributed by atoms with E-state index in [4.69, 9.17) is 16.3 Å². The number of halogens is 1. The van der Waals surface area contributed by atoms with Crippen LogP contribution in [-0.2, 0) is 0 Å². The van der Waals surface area contributed by atoms with Crippen molar-refractivity contribution in [1.29, 1.82) is 0 Å². The summed E-state index contributed by atoms with van der Waals surface area (Å²) in [5.74, 6) is 0.883. The molecule has 0 amide bonds. The summed E-state index contributed by atoms with van der Waals surface area (Å²) >= 11 is 5.94. The van der Waals surface area contributed by atoms with E-state index in [0.717, 1.165) is 21.9 Å². The van der Waals surface area contributed by atoms with Gasteiger partial charge in [0.25, 0.3) is 0 Å². The van der Waals surface area contributed by atoms with E-state index in [2.05, 4.69) is 6.08 Å². The average molecular weight is 181 g/mol. The Kier molecular flexibility index (Phi) is 1.81. The molecule has 0 radical (unpaired) electrons. The molecule has 0 atom stereocenters. The molecule has 1 nitrogen and oxygen atoms in total. The highest BCUT2D eigenvalue weighted by atomic mass is 35.5. The number of fused-ring (bicyclic) bond motifs is 1. The van der Waals surface area contributed by atoms with E-state index in [9.17, 15) is 0 Å². The maximum absolute atomic E-state index is 5.94. The summed E-state index contributed by atoms with van der Waals surface area (Å²) in [6.07, 6.45) is 4.05. The molecule has 1 aliphatic rings. The Labute approximate surface area is 76.6 Å². The summed E-state index contributed by atoms with van der Waals surface area (Å²) in [6.45, 7) is 2.64. The van der Waals surface area contributed by atoms with Gasteiger partial charge in [-0.2, -0.15) is 0 Å². The van der Waals surface area contributed by atoms with Crippen LogP contribution in [0.1, 0.15) is 11.1 Å². The number of rotatable bonds is 0. The second-order valence-corrected chi connectivity index (χ2v) is 3.26. The fourth-order valence-corrected chi connectivity index (χ4v) is 1.41. The van der Waals surface area contributed by atoms with Crippen molar-refractivity contribution in [2.24, 2.45) is 0 Å². The molecule has 0 saturated carbocycles. The molecule has 0 aliphatic carbocycles. The highest BCUT2D eigenvalue weighted by Gasteiger charge is 2.07. The van der Waals surface area contributed by atoms with Crippen molar-refractivity contribution in [3.05, 3.63) is 34.4 Å². The van der Waals surface area contributed by atoms with Crippen LogP contribution in [0, 0.1) is 6.92 Å². The quantitative estimate of drug-likeness (QED) is 0.596. The minimum absolute atomic E-state index is 0.645. The largest absolute Gasteiger partial charge is 0.489 e. The van der Waals surface area contributed by atoms with Gasteiger partial charge < -0.3 is 4.74 Å². The summed E-state index contributed by atoms with van der Waals surface area (Å²) in [4.78, 5) is 0. The third-order valence-corrected chi connectivity index (χ3v) is 2.33. The monoisotopic (exact) mass is 180 g/mol. The number of aryl methyl sites for hydroxylation is 1. The minimum Gasteiger partial charge on any atom is -0.489 e. The van der Waals surface area contributed by atoms with Gasteiger partial charge in [-0.3, -0.25) is 0 Å². The molecule has 0 unspecified atom stereocenters. The molecule has 1 aromatic carbocycles. The maximum Gasteiger partial charge on any atom is 0.128 e. The predicted octanol–water partition coefficient (Wildman–Crippen LogP) is 3.05. The standard InChI is InChI=1S/C10H9ClO/c1-7-5-8-3-2-4-12-10(8)6-9(7)11/h2-3,5-6H,4H2,1H3. The Morgan fingerprint density at radius 1 is 1.42 bits per heavy atom. The molecule has 2 heteroatoms. The summed E-state index contributed by atoms with van der Waals surface area (Å²) in [5.41, 5.74) is 2.20. The Morgan fingerprint density at radius 2 is 2.25 bits per heavy atom. The van der Waals surface area contributed by atoms with Gasteiger partial charge in [0.15, 0.2) is 0 Å². The minimum atomic E-state index is 0.645. The smallest absolute Gasteiger partial charge is 0.128 e. The van der Waals surface area contributed by atoms with Crippen LogP contribution in [0.15, 0.2) is 18.2 Å². The van der Waals surface area contributed by atoms with Gasteiger partial charge in [0.1, 0.15) is 12.4 Å². The molecule has 0 fully saturated rings. The third kappa shape index (κ3) is 1.21. The van der Waals surface area contributed by atoms with Crippen molar-refractivity contribution in [3.63, 3.8) is 0 Å². The van der Waals surface area contributed by atoms with E-state index in [1.165, 1.54) is 0 Å². The molecule has 0 saturated heterocycles. The zero-order valence-corrected chi connectivity index (χ0v) is 7.56. The lowest BCUT2D eigenvalue weighted by Crippen LogP contribution is -2.00. The number of ether oxygens (including phenoxy) is 1. The van der Waals surface area contributed by atoms with Crippen LogP contribution >= 0.6 is 11.6 Å². The van der Waals surface area contributed by atoms with Gasteiger partial charge in [-0.15, -0.1) is 0 Å². The zero-order chi connectivity index (χ0) is 8.55. The molecule has 0 bridgehead atoms. The van der Waals surface area contributed by atoms with Crippen molar-refractivity contribution in [2.45, 2.75) is 6.92 Å². The molecule has 0 aromatic heterocycles. The first-order valence-corrected chi connectivity index (χ1v) is 4.24. The van der Waals surface area contributed by atoms with E-state index in [1.54, 1.807) is 0 Å². The molecular weight excluding hydrogens is 172 g/mol. The Hall–Kier alpha value is -0.950. The fraction of sp³-hybridized carbons (Fsp3) is 0.200. The van der Waals surface area contributed by atoms with E-state index in [0.29, 0.717) is 6.61 Å². The molecule has 62 valence electrons. The first kappa shape index (κ1) is 7.69. The van der Waals surface area contributed by atoms with Crippen molar-refractivity contribution < 1.29 is 4.74 Å².